The van der Waals surface area contributed by atoms with Crippen molar-refractivity contribution in [3.63, 3.8) is 0 Å². The fraction of sp³-hybridized carbons (Fsp3) is 0.889. The van der Waals surface area contributed by atoms with E-state index in [1.54, 1.807) is 0 Å². The number of carbonyl (C=O) groups excluding carboxylic acids is 1. The molecule has 1 saturated carbocycles. The Kier molecular flexibility index (Phi) is 4.02. The summed E-state index contributed by atoms with van der Waals surface area (Å²) in [6.07, 6.45) is 2.50. The molecule has 76 valence electrons. The van der Waals surface area contributed by atoms with Crippen LogP contribution in [0.5, 0.6) is 0 Å². The largest absolute Gasteiger partial charge is 0.446 e. The van der Waals surface area contributed by atoms with E-state index in [2.05, 4.69) is 12.2 Å². The molecule has 0 saturated heterocycles. The Morgan fingerprint density at radius 2 is 2.31 bits per heavy atom. The molecule has 1 rings (SSSR count). The van der Waals surface area contributed by atoms with Gasteiger partial charge < -0.3 is 15.2 Å². The standard InChI is InChI=1S/C9H17NO3/c1-2-3-4-10-9(12)13-8-5-7(11)6-8/h7-8,11H,2-6H2,1H3,(H,10,12). The molecule has 1 amide bonds. The highest BCUT2D eigenvalue weighted by atomic mass is 16.6. The highest BCUT2D eigenvalue weighted by Crippen LogP contribution is 2.22. The van der Waals surface area contributed by atoms with Gasteiger partial charge >= 0.3 is 6.09 Å². The summed E-state index contributed by atoms with van der Waals surface area (Å²) in [4.78, 5) is 11.0. The van der Waals surface area contributed by atoms with Gasteiger partial charge in [0.2, 0.25) is 0 Å². The van der Waals surface area contributed by atoms with Crippen molar-refractivity contribution in [2.75, 3.05) is 6.54 Å². The van der Waals surface area contributed by atoms with Gasteiger partial charge in [-0.15, -0.1) is 0 Å². The van der Waals surface area contributed by atoms with Gasteiger partial charge in [-0.2, -0.15) is 0 Å². The second-order valence-corrected chi connectivity index (χ2v) is 3.43. The lowest BCUT2D eigenvalue weighted by Gasteiger charge is -2.30. The second-order valence-electron chi connectivity index (χ2n) is 3.43. The molecule has 0 radical (unpaired) electrons. The van der Waals surface area contributed by atoms with Gasteiger partial charge in [0.15, 0.2) is 0 Å². The molecule has 0 aromatic rings. The topological polar surface area (TPSA) is 58.6 Å². The SMILES string of the molecule is CCCCNC(=O)OC1CC(O)C1. The highest BCUT2D eigenvalue weighted by molar-refractivity contribution is 5.67. The van der Waals surface area contributed by atoms with Gasteiger partial charge in [0, 0.05) is 19.4 Å². The summed E-state index contributed by atoms with van der Waals surface area (Å²) in [6, 6.07) is 0. The number of aliphatic hydroxyl groups is 1. The molecule has 0 aliphatic heterocycles. The molecule has 1 aliphatic rings. The minimum atomic E-state index is -0.356. The van der Waals surface area contributed by atoms with Crippen LogP contribution in [-0.2, 0) is 4.74 Å². The molecule has 0 atom stereocenters. The van der Waals surface area contributed by atoms with Crippen molar-refractivity contribution in [3.05, 3.63) is 0 Å². The van der Waals surface area contributed by atoms with Gasteiger partial charge in [0.1, 0.15) is 6.10 Å². The zero-order chi connectivity index (χ0) is 9.68. The normalized spacial score (nSPS) is 26.3. The van der Waals surface area contributed by atoms with E-state index in [9.17, 15) is 4.79 Å². The second kappa shape index (κ2) is 5.07. The van der Waals surface area contributed by atoms with Crippen LogP contribution in [-0.4, -0.2) is 30.0 Å². The maximum absolute atomic E-state index is 11.0. The Morgan fingerprint density at radius 3 is 2.85 bits per heavy atom. The Bertz CT molecular complexity index is 166. The zero-order valence-electron chi connectivity index (χ0n) is 7.95. The van der Waals surface area contributed by atoms with E-state index < -0.39 is 0 Å². The molecule has 1 aliphatic carbocycles. The quantitative estimate of drug-likeness (QED) is 0.646. The van der Waals surface area contributed by atoms with E-state index in [1.165, 1.54) is 0 Å². The lowest BCUT2D eigenvalue weighted by atomic mass is 9.92. The van der Waals surface area contributed by atoms with E-state index in [1.807, 2.05) is 0 Å². The summed E-state index contributed by atoms with van der Waals surface area (Å²) in [5.41, 5.74) is 0. The van der Waals surface area contributed by atoms with Crippen LogP contribution in [0.15, 0.2) is 0 Å². The van der Waals surface area contributed by atoms with E-state index in [4.69, 9.17) is 9.84 Å². The third-order valence-electron chi connectivity index (χ3n) is 2.14. The summed E-state index contributed by atoms with van der Waals surface area (Å²) < 4.78 is 4.99. The molecule has 0 aromatic heterocycles. The zero-order valence-corrected chi connectivity index (χ0v) is 7.95. The number of aliphatic hydroxyl groups excluding tert-OH is 1. The van der Waals surface area contributed by atoms with Crippen molar-refractivity contribution < 1.29 is 14.6 Å². The summed E-state index contributed by atoms with van der Waals surface area (Å²) in [6.45, 7) is 2.74. The molecule has 1 fully saturated rings. The van der Waals surface area contributed by atoms with E-state index in [0.29, 0.717) is 19.4 Å². The number of hydrogen-bond donors (Lipinski definition) is 2. The molecule has 0 unspecified atom stereocenters. The van der Waals surface area contributed by atoms with Gasteiger partial charge in [-0.05, 0) is 6.42 Å². The number of nitrogens with one attached hydrogen (secondary N) is 1. The van der Waals surface area contributed by atoms with Gasteiger partial charge in [0.05, 0.1) is 6.10 Å². The van der Waals surface area contributed by atoms with Gasteiger partial charge in [-0.3, -0.25) is 0 Å². The Morgan fingerprint density at radius 1 is 1.62 bits per heavy atom. The monoisotopic (exact) mass is 187 g/mol. The molecule has 4 heteroatoms. The van der Waals surface area contributed by atoms with Gasteiger partial charge in [0.25, 0.3) is 0 Å². The molecule has 13 heavy (non-hydrogen) atoms. The van der Waals surface area contributed by atoms with E-state index in [0.717, 1.165) is 12.8 Å². The van der Waals surface area contributed by atoms with Crippen molar-refractivity contribution in [1.29, 1.82) is 0 Å². The fourth-order valence-electron chi connectivity index (χ4n) is 1.19. The van der Waals surface area contributed by atoms with Gasteiger partial charge in [-0.25, -0.2) is 4.79 Å². The number of alkyl carbamates (subject to hydrolysis) is 1. The minimum absolute atomic E-state index is 0.0726. The van der Waals surface area contributed by atoms with E-state index >= 15 is 0 Å². The highest BCUT2D eigenvalue weighted by Gasteiger charge is 2.30. The third kappa shape index (κ3) is 3.63. The van der Waals surface area contributed by atoms with Crippen LogP contribution >= 0.6 is 0 Å². The average Bonchev–Trinajstić information content (AvgIpc) is 2.02. The Hall–Kier alpha value is -0.770. The van der Waals surface area contributed by atoms with Crippen molar-refractivity contribution >= 4 is 6.09 Å². The molecular formula is C9H17NO3. The smallest absolute Gasteiger partial charge is 0.407 e. The predicted molar refractivity (Wildman–Crippen MR) is 48.4 cm³/mol. The van der Waals surface area contributed by atoms with Crippen LogP contribution in [0.25, 0.3) is 0 Å². The fourth-order valence-corrected chi connectivity index (χ4v) is 1.19. The van der Waals surface area contributed by atoms with Crippen LogP contribution in [0.4, 0.5) is 4.79 Å². The number of rotatable bonds is 4. The summed E-state index contributed by atoms with van der Waals surface area (Å²) in [5, 5.41) is 11.6. The molecule has 0 heterocycles. The summed E-state index contributed by atoms with van der Waals surface area (Å²) in [5.74, 6) is 0. The van der Waals surface area contributed by atoms with Crippen molar-refractivity contribution in [3.8, 4) is 0 Å². The average molecular weight is 187 g/mol. The lowest BCUT2D eigenvalue weighted by Crippen LogP contribution is -2.39. The number of amides is 1. The first-order valence-electron chi connectivity index (χ1n) is 4.85. The van der Waals surface area contributed by atoms with Gasteiger partial charge in [-0.1, -0.05) is 13.3 Å². The van der Waals surface area contributed by atoms with Crippen LogP contribution in [0.2, 0.25) is 0 Å². The molecule has 4 nitrogen and oxygen atoms in total. The number of hydrogen-bond acceptors (Lipinski definition) is 3. The van der Waals surface area contributed by atoms with E-state index in [-0.39, 0.29) is 18.3 Å². The lowest BCUT2D eigenvalue weighted by molar-refractivity contribution is -0.0347. The molecule has 0 spiro atoms. The van der Waals surface area contributed by atoms with Crippen LogP contribution < -0.4 is 5.32 Å². The van der Waals surface area contributed by atoms with Crippen molar-refractivity contribution in [2.24, 2.45) is 0 Å². The maximum Gasteiger partial charge on any atom is 0.407 e. The van der Waals surface area contributed by atoms with Crippen molar-refractivity contribution in [2.45, 2.75) is 44.8 Å². The van der Waals surface area contributed by atoms with Crippen LogP contribution in [0.1, 0.15) is 32.6 Å². The first-order chi connectivity index (χ1) is 6.22. The number of unbranched alkanes of at least 4 members (excludes halogenated alkanes) is 1. The Balaban J connectivity index is 1.98. The number of ether oxygens (including phenoxy) is 1. The van der Waals surface area contributed by atoms with Crippen LogP contribution in [0, 0.1) is 0 Å². The first kappa shape index (κ1) is 10.3. The summed E-state index contributed by atoms with van der Waals surface area (Å²) in [7, 11) is 0. The first-order valence-corrected chi connectivity index (χ1v) is 4.85. The maximum atomic E-state index is 11.0. The third-order valence-corrected chi connectivity index (χ3v) is 2.14. The van der Waals surface area contributed by atoms with Crippen molar-refractivity contribution in [1.82, 2.24) is 5.32 Å². The predicted octanol–water partition coefficient (Wildman–Crippen LogP) is 1.04. The number of carbonyl (C=O) groups is 1. The summed E-state index contributed by atoms with van der Waals surface area (Å²) >= 11 is 0. The Labute approximate surface area is 78.3 Å². The van der Waals surface area contributed by atoms with Crippen LogP contribution in [0.3, 0.4) is 0 Å². The molecule has 2 N–H and O–H groups in total. The minimum Gasteiger partial charge on any atom is -0.446 e. The molecule has 0 bridgehead atoms. The molecular weight excluding hydrogens is 170 g/mol. The molecule has 0 aromatic carbocycles.